The third-order valence-corrected chi connectivity index (χ3v) is 3.10. The summed E-state index contributed by atoms with van der Waals surface area (Å²) >= 11 is 5.95. The van der Waals surface area contributed by atoms with E-state index in [4.69, 9.17) is 11.6 Å². The molecule has 1 aromatic rings. The van der Waals surface area contributed by atoms with Crippen LogP contribution in [0.1, 0.15) is 18.5 Å². The van der Waals surface area contributed by atoms with E-state index in [9.17, 15) is 0 Å². The Labute approximate surface area is 89.4 Å². The van der Waals surface area contributed by atoms with Gasteiger partial charge in [-0.2, -0.15) is 5.10 Å². The second-order valence-corrected chi connectivity index (χ2v) is 4.40. The smallest absolute Gasteiger partial charge is 0.0814 e. The molecule has 1 saturated heterocycles. The molecule has 0 aliphatic carbocycles. The van der Waals surface area contributed by atoms with Crippen LogP contribution >= 0.6 is 11.6 Å². The van der Waals surface area contributed by atoms with E-state index in [0.29, 0.717) is 5.92 Å². The molecule has 1 atom stereocenters. The molecular weight excluding hydrogens is 198 g/mol. The van der Waals surface area contributed by atoms with Crippen molar-refractivity contribution in [2.24, 2.45) is 5.92 Å². The van der Waals surface area contributed by atoms with Gasteiger partial charge in [-0.15, -0.1) is 0 Å². The van der Waals surface area contributed by atoms with Gasteiger partial charge in [-0.1, -0.05) is 11.6 Å². The molecule has 1 fully saturated rings. The number of rotatable bonds is 2. The average molecular weight is 214 g/mol. The highest BCUT2D eigenvalue weighted by Gasteiger charge is 2.14. The first-order chi connectivity index (χ1) is 6.75. The van der Waals surface area contributed by atoms with Gasteiger partial charge in [0.1, 0.15) is 0 Å². The monoisotopic (exact) mass is 213 g/mol. The Morgan fingerprint density at radius 2 is 2.57 bits per heavy atom. The van der Waals surface area contributed by atoms with Crippen molar-refractivity contribution >= 4 is 11.6 Å². The normalized spacial score (nSPS) is 22.6. The zero-order valence-electron chi connectivity index (χ0n) is 8.46. The average Bonchev–Trinajstić information content (AvgIpc) is 2.47. The van der Waals surface area contributed by atoms with E-state index < -0.39 is 0 Å². The minimum Gasteiger partial charge on any atom is -0.316 e. The minimum atomic E-state index is 0.708. The van der Waals surface area contributed by atoms with Gasteiger partial charge in [0, 0.05) is 12.7 Å². The van der Waals surface area contributed by atoms with E-state index in [0.717, 1.165) is 30.4 Å². The summed E-state index contributed by atoms with van der Waals surface area (Å²) in [7, 11) is 0. The number of nitrogens with one attached hydrogen (secondary N) is 1. The molecule has 2 rings (SSSR count). The fourth-order valence-corrected chi connectivity index (χ4v) is 2.08. The zero-order chi connectivity index (χ0) is 9.97. The fourth-order valence-electron chi connectivity index (χ4n) is 1.93. The van der Waals surface area contributed by atoms with Crippen LogP contribution in [0.5, 0.6) is 0 Å². The third kappa shape index (κ3) is 2.28. The Morgan fingerprint density at radius 1 is 1.71 bits per heavy atom. The molecule has 78 valence electrons. The lowest BCUT2D eigenvalue weighted by molar-refractivity contribution is 0.325. The summed E-state index contributed by atoms with van der Waals surface area (Å²) in [6.45, 7) is 5.20. The number of nitrogens with zero attached hydrogens (tertiary/aromatic N) is 2. The van der Waals surface area contributed by atoms with Crippen molar-refractivity contribution in [1.82, 2.24) is 15.1 Å². The van der Waals surface area contributed by atoms with Crippen LogP contribution in [0.2, 0.25) is 5.02 Å². The van der Waals surface area contributed by atoms with E-state index in [1.54, 1.807) is 0 Å². The summed E-state index contributed by atoms with van der Waals surface area (Å²) in [6, 6.07) is 0. The van der Waals surface area contributed by atoms with Crippen molar-refractivity contribution in [2.45, 2.75) is 26.3 Å². The van der Waals surface area contributed by atoms with Crippen LogP contribution in [0.4, 0.5) is 0 Å². The van der Waals surface area contributed by atoms with Crippen molar-refractivity contribution in [1.29, 1.82) is 0 Å². The Bertz CT molecular complexity index is 283. The first kappa shape index (κ1) is 9.99. The molecule has 1 aliphatic rings. The Hall–Kier alpha value is -0.540. The summed E-state index contributed by atoms with van der Waals surface area (Å²) in [4.78, 5) is 0. The number of piperidine rings is 1. The molecule has 0 amide bonds. The number of aromatic nitrogens is 2. The maximum Gasteiger partial charge on any atom is 0.0814 e. The molecule has 0 aromatic carbocycles. The van der Waals surface area contributed by atoms with E-state index in [-0.39, 0.29) is 0 Å². The summed E-state index contributed by atoms with van der Waals surface area (Å²) < 4.78 is 1.97. The third-order valence-electron chi connectivity index (χ3n) is 2.73. The van der Waals surface area contributed by atoms with Crippen LogP contribution in [0, 0.1) is 12.8 Å². The van der Waals surface area contributed by atoms with Gasteiger partial charge in [0.15, 0.2) is 0 Å². The first-order valence-electron chi connectivity index (χ1n) is 5.16. The van der Waals surface area contributed by atoms with E-state index in [1.165, 1.54) is 12.8 Å². The van der Waals surface area contributed by atoms with Crippen LogP contribution in [-0.2, 0) is 6.54 Å². The number of hydrogen-bond donors (Lipinski definition) is 1. The Balaban J connectivity index is 1.95. The van der Waals surface area contributed by atoms with Gasteiger partial charge in [0.25, 0.3) is 0 Å². The molecule has 3 nitrogen and oxygen atoms in total. The molecule has 1 aromatic heterocycles. The molecule has 1 aliphatic heterocycles. The quantitative estimate of drug-likeness (QED) is 0.813. The van der Waals surface area contributed by atoms with E-state index in [1.807, 2.05) is 17.8 Å². The second kappa shape index (κ2) is 4.32. The predicted octanol–water partition coefficient (Wildman–Crippen LogP) is 1.84. The van der Waals surface area contributed by atoms with Crippen molar-refractivity contribution < 1.29 is 0 Å². The lowest BCUT2D eigenvalue weighted by Gasteiger charge is -2.22. The topological polar surface area (TPSA) is 29.9 Å². The summed E-state index contributed by atoms with van der Waals surface area (Å²) in [5.41, 5.74) is 0.926. The Kier molecular flexibility index (Phi) is 3.08. The predicted molar refractivity (Wildman–Crippen MR) is 57.6 cm³/mol. The molecule has 0 bridgehead atoms. The van der Waals surface area contributed by atoms with Crippen LogP contribution in [0.25, 0.3) is 0 Å². The molecule has 1 unspecified atom stereocenters. The van der Waals surface area contributed by atoms with Crippen LogP contribution in [0.15, 0.2) is 6.20 Å². The lowest BCUT2D eigenvalue weighted by Crippen LogP contribution is -2.32. The highest BCUT2D eigenvalue weighted by molar-refractivity contribution is 6.31. The van der Waals surface area contributed by atoms with Crippen molar-refractivity contribution in [2.75, 3.05) is 13.1 Å². The number of hydrogen-bond acceptors (Lipinski definition) is 2. The standard InChI is InChI=1S/C10H16ClN3/c1-8-10(11)7-14(13-8)6-9-3-2-4-12-5-9/h7,9,12H,2-6H2,1H3. The maximum atomic E-state index is 5.95. The van der Waals surface area contributed by atoms with Gasteiger partial charge in [-0.25, -0.2) is 0 Å². The lowest BCUT2D eigenvalue weighted by atomic mass is 10.00. The van der Waals surface area contributed by atoms with Crippen molar-refractivity contribution in [3.05, 3.63) is 16.9 Å². The number of aryl methyl sites for hydroxylation is 1. The van der Waals surface area contributed by atoms with Gasteiger partial charge in [-0.05, 0) is 38.8 Å². The van der Waals surface area contributed by atoms with Crippen LogP contribution in [-0.4, -0.2) is 22.9 Å². The molecule has 0 radical (unpaired) electrons. The molecule has 0 spiro atoms. The van der Waals surface area contributed by atoms with E-state index in [2.05, 4.69) is 10.4 Å². The summed E-state index contributed by atoms with van der Waals surface area (Å²) in [5, 5.41) is 8.54. The largest absolute Gasteiger partial charge is 0.316 e. The molecular formula is C10H16ClN3. The van der Waals surface area contributed by atoms with Gasteiger partial charge < -0.3 is 5.32 Å². The molecule has 4 heteroatoms. The molecule has 0 saturated carbocycles. The van der Waals surface area contributed by atoms with Gasteiger partial charge in [-0.3, -0.25) is 4.68 Å². The highest BCUT2D eigenvalue weighted by Crippen LogP contribution is 2.16. The maximum absolute atomic E-state index is 5.95. The summed E-state index contributed by atoms with van der Waals surface area (Å²) in [5.74, 6) is 0.708. The van der Waals surface area contributed by atoms with Crippen LogP contribution in [0.3, 0.4) is 0 Å². The van der Waals surface area contributed by atoms with Gasteiger partial charge >= 0.3 is 0 Å². The van der Waals surface area contributed by atoms with Gasteiger partial charge in [0.05, 0.1) is 10.7 Å². The first-order valence-corrected chi connectivity index (χ1v) is 5.54. The molecule has 2 heterocycles. The highest BCUT2D eigenvalue weighted by atomic mass is 35.5. The minimum absolute atomic E-state index is 0.708. The van der Waals surface area contributed by atoms with Crippen molar-refractivity contribution in [3.8, 4) is 0 Å². The SMILES string of the molecule is Cc1nn(CC2CCCNC2)cc1Cl. The van der Waals surface area contributed by atoms with Crippen LogP contribution < -0.4 is 5.32 Å². The number of halogens is 1. The van der Waals surface area contributed by atoms with Gasteiger partial charge in [0.2, 0.25) is 0 Å². The second-order valence-electron chi connectivity index (χ2n) is 4.00. The Morgan fingerprint density at radius 3 is 3.14 bits per heavy atom. The van der Waals surface area contributed by atoms with E-state index >= 15 is 0 Å². The fraction of sp³-hybridized carbons (Fsp3) is 0.700. The molecule has 1 N–H and O–H groups in total. The van der Waals surface area contributed by atoms with Crippen molar-refractivity contribution in [3.63, 3.8) is 0 Å². The summed E-state index contributed by atoms with van der Waals surface area (Å²) in [6.07, 6.45) is 4.49. The molecule has 14 heavy (non-hydrogen) atoms. The zero-order valence-corrected chi connectivity index (χ0v) is 9.22.